The third kappa shape index (κ3) is 7.54. The Labute approximate surface area is 197 Å². The second-order valence-corrected chi connectivity index (χ2v) is 8.08. The average molecular weight is 472 g/mol. The third-order valence-electron chi connectivity index (χ3n) is 4.33. The lowest BCUT2D eigenvalue weighted by molar-refractivity contribution is -0.152. The van der Waals surface area contributed by atoms with Gasteiger partial charge in [0.2, 0.25) is 11.9 Å². The number of benzene rings is 1. The van der Waals surface area contributed by atoms with Gasteiger partial charge in [-0.15, -0.1) is 0 Å². The van der Waals surface area contributed by atoms with Crippen molar-refractivity contribution in [2.75, 3.05) is 23.8 Å². The van der Waals surface area contributed by atoms with Crippen LogP contribution in [-0.2, 0) is 11.3 Å². The summed E-state index contributed by atoms with van der Waals surface area (Å²) < 4.78 is 22.1. The van der Waals surface area contributed by atoms with Crippen LogP contribution in [0.5, 0.6) is 17.5 Å². The number of nitrogens with one attached hydrogen (secondary N) is 2. The summed E-state index contributed by atoms with van der Waals surface area (Å²) >= 11 is 0. The highest BCUT2D eigenvalue weighted by Gasteiger charge is 2.29. The van der Waals surface area contributed by atoms with Gasteiger partial charge < -0.3 is 34.4 Å². The van der Waals surface area contributed by atoms with Crippen LogP contribution in [0, 0.1) is 0 Å². The van der Waals surface area contributed by atoms with Gasteiger partial charge in [-0.3, -0.25) is 0 Å². The summed E-state index contributed by atoms with van der Waals surface area (Å²) in [5.74, 6) is 1.46. The Morgan fingerprint density at radius 2 is 1.71 bits per heavy atom. The van der Waals surface area contributed by atoms with Crippen molar-refractivity contribution in [3.05, 3.63) is 48.4 Å². The van der Waals surface area contributed by atoms with Gasteiger partial charge in [-0.2, -0.15) is 15.0 Å². The van der Waals surface area contributed by atoms with Crippen molar-refractivity contribution in [2.24, 2.45) is 0 Å². The predicted octanol–water partition coefficient (Wildman–Crippen LogP) is 3.60. The molecule has 182 valence electrons. The lowest BCUT2D eigenvalue weighted by Gasteiger charge is -2.21. The molecule has 11 heteroatoms. The van der Waals surface area contributed by atoms with E-state index in [1.54, 1.807) is 30.5 Å². The van der Waals surface area contributed by atoms with Crippen molar-refractivity contribution in [3.8, 4) is 17.5 Å². The predicted molar refractivity (Wildman–Crippen MR) is 124 cm³/mol. The summed E-state index contributed by atoms with van der Waals surface area (Å²) in [6.45, 7) is 7.79. The van der Waals surface area contributed by atoms with Crippen molar-refractivity contribution in [1.29, 1.82) is 0 Å². The summed E-state index contributed by atoms with van der Waals surface area (Å²) in [7, 11) is 0. The van der Waals surface area contributed by atoms with E-state index in [1.165, 1.54) is 13.8 Å². The maximum Gasteiger partial charge on any atom is 0.347 e. The van der Waals surface area contributed by atoms with Gasteiger partial charge in [0, 0.05) is 6.04 Å². The number of carboxylic acid groups (broad SMARTS) is 1. The van der Waals surface area contributed by atoms with Crippen molar-refractivity contribution in [3.63, 3.8) is 0 Å². The molecule has 0 amide bonds. The number of hydrogen-bond donors (Lipinski definition) is 3. The molecule has 3 rings (SSSR count). The smallest absolute Gasteiger partial charge is 0.347 e. The molecule has 0 unspecified atom stereocenters. The SMILES string of the molecule is CC(C)Nc1nc(NCc2ccco2)nc(OCCOc2ccc(OC(C)(C)C(=O)O)cc2)n1. The van der Waals surface area contributed by atoms with Crippen LogP contribution < -0.4 is 24.8 Å². The van der Waals surface area contributed by atoms with Crippen LogP contribution in [0.15, 0.2) is 47.1 Å². The Bertz CT molecular complexity index is 1050. The number of ether oxygens (including phenoxy) is 3. The first-order valence-electron chi connectivity index (χ1n) is 10.8. The van der Waals surface area contributed by atoms with Crippen molar-refractivity contribution < 1.29 is 28.5 Å². The summed E-state index contributed by atoms with van der Waals surface area (Å²) in [5.41, 5.74) is -1.32. The van der Waals surface area contributed by atoms with Gasteiger partial charge in [-0.1, -0.05) is 0 Å². The Kier molecular flexibility index (Phi) is 8.12. The van der Waals surface area contributed by atoms with Crippen molar-refractivity contribution in [1.82, 2.24) is 15.0 Å². The van der Waals surface area contributed by atoms with Gasteiger partial charge in [-0.05, 0) is 64.1 Å². The monoisotopic (exact) mass is 471 g/mol. The molecular weight excluding hydrogens is 442 g/mol. The summed E-state index contributed by atoms with van der Waals surface area (Å²) in [6, 6.07) is 10.6. The van der Waals surface area contributed by atoms with E-state index in [2.05, 4.69) is 25.6 Å². The van der Waals surface area contributed by atoms with Crippen LogP contribution in [0.4, 0.5) is 11.9 Å². The molecule has 0 fully saturated rings. The first kappa shape index (κ1) is 24.6. The number of carbonyl (C=O) groups is 1. The minimum Gasteiger partial charge on any atom is -0.490 e. The second-order valence-electron chi connectivity index (χ2n) is 8.08. The topological polar surface area (TPSA) is 141 Å². The van der Waals surface area contributed by atoms with Gasteiger partial charge in [0.25, 0.3) is 0 Å². The maximum atomic E-state index is 11.2. The Hall–Kier alpha value is -4.02. The average Bonchev–Trinajstić information content (AvgIpc) is 3.29. The van der Waals surface area contributed by atoms with Crippen LogP contribution in [0.2, 0.25) is 0 Å². The second kappa shape index (κ2) is 11.2. The summed E-state index contributed by atoms with van der Waals surface area (Å²) in [5, 5.41) is 15.4. The molecule has 0 aliphatic heterocycles. The molecule has 0 aliphatic carbocycles. The number of aliphatic carboxylic acids is 1. The summed E-state index contributed by atoms with van der Waals surface area (Å²) in [4.78, 5) is 24.1. The van der Waals surface area contributed by atoms with E-state index in [0.717, 1.165) is 5.76 Å². The van der Waals surface area contributed by atoms with E-state index in [1.807, 2.05) is 26.0 Å². The molecule has 0 radical (unpaired) electrons. The fourth-order valence-corrected chi connectivity index (χ4v) is 2.64. The van der Waals surface area contributed by atoms with Crippen molar-refractivity contribution in [2.45, 2.75) is 45.9 Å². The number of nitrogens with zero attached hydrogens (tertiary/aromatic N) is 3. The molecule has 3 N–H and O–H groups in total. The van der Waals surface area contributed by atoms with E-state index >= 15 is 0 Å². The maximum absolute atomic E-state index is 11.2. The van der Waals surface area contributed by atoms with E-state index < -0.39 is 11.6 Å². The Balaban J connectivity index is 1.52. The molecule has 34 heavy (non-hydrogen) atoms. The summed E-state index contributed by atoms with van der Waals surface area (Å²) in [6.07, 6.45) is 1.60. The van der Waals surface area contributed by atoms with E-state index in [-0.39, 0.29) is 25.3 Å². The molecule has 11 nitrogen and oxygen atoms in total. The number of furan rings is 1. The first-order chi connectivity index (χ1) is 16.2. The molecule has 0 spiro atoms. The minimum absolute atomic E-state index is 0.129. The highest BCUT2D eigenvalue weighted by atomic mass is 16.5. The lowest BCUT2D eigenvalue weighted by atomic mass is 10.1. The highest BCUT2D eigenvalue weighted by molar-refractivity contribution is 5.76. The molecule has 0 aliphatic rings. The van der Waals surface area contributed by atoms with Crippen LogP contribution in [-0.4, -0.2) is 50.9 Å². The quantitative estimate of drug-likeness (QED) is 0.315. The normalized spacial score (nSPS) is 11.2. The molecule has 0 bridgehead atoms. The standard InChI is InChI=1S/C23H29N5O6/c1-15(2)25-21-26-20(24-14-18-6-5-11-31-18)27-22(28-21)33-13-12-32-16-7-9-17(10-8-16)34-23(3,4)19(29)30/h5-11,15H,12-14H2,1-4H3,(H,29,30)(H2,24,25,26,27,28). The number of aromatic nitrogens is 3. The van der Waals surface area contributed by atoms with Gasteiger partial charge in [0.15, 0.2) is 5.60 Å². The number of carboxylic acids is 1. The zero-order chi connectivity index (χ0) is 24.6. The van der Waals surface area contributed by atoms with Crippen LogP contribution in [0.3, 0.4) is 0 Å². The van der Waals surface area contributed by atoms with Crippen LogP contribution in [0.25, 0.3) is 0 Å². The molecule has 2 heterocycles. The Morgan fingerprint density at radius 1 is 1.03 bits per heavy atom. The van der Waals surface area contributed by atoms with Crippen LogP contribution >= 0.6 is 0 Å². The molecule has 0 saturated heterocycles. The van der Waals surface area contributed by atoms with Gasteiger partial charge >= 0.3 is 12.0 Å². The number of anilines is 2. The number of rotatable bonds is 13. The van der Waals surface area contributed by atoms with Crippen molar-refractivity contribution >= 4 is 17.9 Å². The van der Waals surface area contributed by atoms with E-state index in [9.17, 15) is 4.79 Å². The van der Waals surface area contributed by atoms with Gasteiger partial charge in [-0.25, -0.2) is 4.79 Å². The molecular formula is C23H29N5O6. The third-order valence-corrected chi connectivity index (χ3v) is 4.33. The zero-order valence-corrected chi connectivity index (χ0v) is 19.6. The molecule has 0 saturated carbocycles. The lowest BCUT2D eigenvalue weighted by Crippen LogP contribution is -2.37. The largest absolute Gasteiger partial charge is 0.490 e. The fourth-order valence-electron chi connectivity index (χ4n) is 2.64. The fraction of sp³-hybridized carbons (Fsp3) is 0.391. The molecule has 1 aromatic carbocycles. The number of hydrogen-bond acceptors (Lipinski definition) is 10. The highest BCUT2D eigenvalue weighted by Crippen LogP contribution is 2.22. The van der Waals surface area contributed by atoms with E-state index in [0.29, 0.717) is 29.9 Å². The zero-order valence-electron chi connectivity index (χ0n) is 19.6. The molecule has 3 aromatic rings. The van der Waals surface area contributed by atoms with Gasteiger partial charge in [0.1, 0.15) is 30.5 Å². The Morgan fingerprint density at radius 3 is 2.35 bits per heavy atom. The first-order valence-corrected chi connectivity index (χ1v) is 10.8. The van der Waals surface area contributed by atoms with Gasteiger partial charge in [0.05, 0.1) is 12.8 Å². The minimum atomic E-state index is -1.32. The van der Waals surface area contributed by atoms with Crippen LogP contribution in [0.1, 0.15) is 33.5 Å². The van der Waals surface area contributed by atoms with E-state index in [4.69, 9.17) is 23.7 Å². The molecule has 0 atom stereocenters. The molecule has 2 aromatic heterocycles.